The Morgan fingerprint density at radius 2 is 1.75 bits per heavy atom. The summed E-state index contributed by atoms with van der Waals surface area (Å²) in [4.78, 5) is 29.7. The van der Waals surface area contributed by atoms with Crippen LogP contribution in [0.1, 0.15) is 35.5 Å². The normalized spacial score (nSPS) is 15.7. The van der Waals surface area contributed by atoms with Crippen molar-refractivity contribution in [3.8, 4) is 5.75 Å². The number of aromatic nitrogens is 1. The highest BCUT2D eigenvalue weighted by Gasteiger charge is 2.38. The zero-order chi connectivity index (χ0) is 23.3. The van der Waals surface area contributed by atoms with Crippen LogP contribution in [0.5, 0.6) is 5.75 Å². The predicted octanol–water partition coefficient (Wildman–Crippen LogP) is 4.93. The van der Waals surface area contributed by atoms with Gasteiger partial charge in [0.25, 0.3) is 5.91 Å². The number of hydrogen-bond donors (Lipinski definition) is 2. The Bertz CT molecular complexity index is 1260. The first-order chi connectivity index (χ1) is 15.0. The van der Waals surface area contributed by atoms with Crippen molar-refractivity contribution in [1.29, 1.82) is 0 Å². The summed E-state index contributed by atoms with van der Waals surface area (Å²) < 4.78 is 42.5. The number of carboxylic acids is 1. The van der Waals surface area contributed by atoms with Gasteiger partial charge in [-0.25, -0.2) is 4.79 Å². The number of ether oxygens (including phenoxy) is 1. The molecule has 0 atom stereocenters. The van der Waals surface area contributed by atoms with E-state index in [4.69, 9.17) is 0 Å². The molecule has 0 bridgehead atoms. The molecule has 166 valence electrons. The smallest absolute Gasteiger partial charge is 0.478 e. The van der Waals surface area contributed by atoms with E-state index in [1.54, 1.807) is 0 Å². The van der Waals surface area contributed by atoms with Gasteiger partial charge in [0.15, 0.2) is 0 Å². The van der Waals surface area contributed by atoms with Crippen LogP contribution in [0, 0.1) is 0 Å². The second-order valence-electron chi connectivity index (χ2n) is 8.13. The van der Waals surface area contributed by atoms with E-state index in [0.717, 1.165) is 33.6 Å². The van der Waals surface area contributed by atoms with E-state index in [1.165, 1.54) is 18.2 Å². The highest BCUT2D eigenvalue weighted by atomic mass is 19.4. The van der Waals surface area contributed by atoms with Crippen molar-refractivity contribution in [2.45, 2.75) is 25.6 Å². The van der Waals surface area contributed by atoms with E-state index in [0.29, 0.717) is 5.69 Å². The molecule has 32 heavy (non-hydrogen) atoms. The first-order valence-corrected chi connectivity index (χ1v) is 9.70. The summed E-state index contributed by atoms with van der Waals surface area (Å²) in [6, 6.07) is 12.3. The molecule has 0 saturated carbocycles. The minimum Gasteiger partial charge on any atom is -0.478 e. The third kappa shape index (κ3) is 3.81. The molecule has 6 nitrogen and oxygen atoms in total. The quantitative estimate of drug-likeness (QED) is 0.601. The number of aliphatic carboxylic acids is 1. The molecule has 2 N–H and O–H groups in total. The molecule has 2 aromatic carbocycles. The third-order valence-corrected chi connectivity index (χ3v) is 5.34. The van der Waals surface area contributed by atoms with E-state index < -0.39 is 29.4 Å². The molecule has 1 aromatic heterocycles. The Morgan fingerprint density at radius 1 is 1.09 bits per heavy atom. The van der Waals surface area contributed by atoms with E-state index in [2.05, 4.69) is 9.72 Å². The molecule has 4 rings (SSSR count). The van der Waals surface area contributed by atoms with Crippen LogP contribution >= 0.6 is 0 Å². The molecule has 3 aromatic rings. The average molecular weight is 444 g/mol. The number of alkyl halides is 3. The van der Waals surface area contributed by atoms with Crippen molar-refractivity contribution in [2.24, 2.45) is 0 Å². The first kappa shape index (κ1) is 21.5. The monoisotopic (exact) mass is 444 g/mol. The number of H-pyrrole nitrogens is 1. The van der Waals surface area contributed by atoms with Crippen LogP contribution in [-0.4, -0.2) is 39.8 Å². The maximum Gasteiger partial charge on any atom is 0.573 e. The van der Waals surface area contributed by atoms with Crippen LogP contribution in [0.2, 0.25) is 0 Å². The Kier molecular flexibility index (Phi) is 4.99. The molecule has 0 spiro atoms. The summed E-state index contributed by atoms with van der Waals surface area (Å²) in [5.74, 6) is -2.72. The molecular formula is C23H19F3N2O4. The molecule has 0 radical (unpaired) electrons. The number of halogens is 3. The number of fused-ring (bicyclic) bond motifs is 3. The van der Waals surface area contributed by atoms with Crippen molar-refractivity contribution in [2.75, 3.05) is 6.54 Å². The largest absolute Gasteiger partial charge is 0.573 e. The summed E-state index contributed by atoms with van der Waals surface area (Å²) in [5, 5.41) is 10.7. The lowest BCUT2D eigenvalue weighted by atomic mass is 9.81. The van der Waals surface area contributed by atoms with Gasteiger partial charge in [0, 0.05) is 29.1 Å². The Balaban J connectivity index is 1.85. The van der Waals surface area contributed by atoms with Gasteiger partial charge in [-0.15, -0.1) is 13.2 Å². The van der Waals surface area contributed by atoms with Crippen LogP contribution in [0.4, 0.5) is 13.2 Å². The number of carbonyl (C=O) groups is 2. The highest BCUT2D eigenvalue weighted by Crippen LogP contribution is 2.40. The zero-order valence-electron chi connectivity index (χ0n) is 17.2. The van der Waals surface area contributed by atoms with Gasteiger partial charge in [-0.1, -0.05) is 44.2 Å². The number of rotatable bonds is 3. The van der Waals surface area contributed by atoms with Crippen LogP contribution in [0.25, 0.3) is 16.5 Å². The molecule has 2 heterocycles. The summed E-state index contributed by atoms with van der Waals surface area (Å²) >= 11 is 0. The second kappa shape index (κ2) is 7.44. The van der Waals surface area contributed by atoms with Gasteiger partial charge in [0.1, 0.15) is 5.75 Å². The number of aromatic amines is 1. The number of para-hydroxylation sites is 2. The van der Waals surface area contributed by atoms with Gasteiger partial charge >= 0.3 is 12.3 Å². The summed E-state index contributed by atoms with van der Waals surface area (Å²) in [6.07, 6.45) is -3.81. The maximum absolute atomic E-state index is 13.3. The van der Waals surface area contributed by atoms with Crippen molar-refractivity contribution in [3.63, 3.8) is 0 Å². The first-order valence-electron chi connectivity index (χ1n) is 9.70. The lowest BCUT2D eigenvalue weighted by Gasteiger charge is -2.30. The number of carbonyl (C=O) groups excluding carboxylic acids is 1. The molecule has 0 fully saturated rings. The Labute approximate surface area is 180 Å². The molecule has 1 amide bonds. The lowest BCUT2D eigenvalue weighted by Crippen LogP contribution is -2.37. The fourth-order valence-corrected chi connectivity index (χ4v) is 4.12. The molecular weight excluding hydrogens is 425 g/mol. The molecule has 0 unspecified atom stereocenters. The van der Waals surface area contributed by atoms with Gasteiger partial charge in [-0.05, 0) is 23.8 Å². The standard InChI is InChI=1S/C23H19F3N2O4/c1-22(2)12-28(20(29)14-8-4-6-10-17(14)32-23(24,25)26)11-15(21(30)31)19-18(22)13-7-3-5-9-16(13)27-19/h3-11,27H,12H2,1-2H3,(H,30,31). The Morgan fingerprint density at radius 3 is 2.44 bits per heavy atom. The third-order valence-electron chi connectivity index (χ3n) is 5.34. The van der Waals surface area contributed by atoms with E-state index in [9.17, 15) is 27.9 Å². The zero-order valence-corrected chi connectivity index (χ0v) is 17.2. The average Bonchev–Trinajstić information content (AvgIpc) is 3.04. The topological polar surface area (TPSA) is 82.6 Å². The summed E-state index contributed by atoms with van der Waals surface area (Å²) in [7, 11) is 0. The fraction of sp³-hybridized carbons (Fsp3) is 0.217. The van der Waals surface area contributed by atoms with Crippen LogP contribution in [0.3, 0.4) is 0 Å². The van der Waals surface area contributed by atoms with Crippen LogP contribution < -0.4 is 4.74 Å². The Hall–Kier alpha value is -3.75. The maximum atomic E-state index is 13.3. The van der Waals surface area contributed by atoms with Gasteiger partial charge in [0.2, 0.25) is 0 Å². The fourth-order valence-electron chi connectivity index (χ4n) is 4.12. The molecule has 0 saturated heterocycles. The highest BCUT2D eigenvalue weighted by molar-refractivity contribution is 6.17. The predicted molar refractivity (Wildman–Crippen MR) is 111 cm³/mol. The van der Waals surface area contributed by atoms with Gasteiger partial charge in [-0.2, -0.15) is 0 Å². The number of benzene rings is 2. The van der Waals surface area contributed by atoms with Gasteiger partial charge in [0.05, 0.1) is 16.8 Å². The number of amides is 1. The summed E-state index contributed by atoms with van der Waals surface area (Å²) in [5.41, 5.74) is 0.622. The molecule has 1 aliphatic rings. The van der Waals surface area contributed by atoms with Gasteiger partial charge in [-0.3, -0.25) is 4.79 Å². The van der Waals surface area contributed by atoms with E-state index >= 15 is 0 Å². The van der Waals surface area contributed by atoms with Crippen molar-refractivity contribution in [3.05, 3.63) is 71.6 Å². The minimum atomic E-state index is -4.98. The van der Waals surface area contributed by atoms with Crippen molar-refractivity contribution < 1.29 is 32.6 Å². The molecule has 9 heteroatoms. The van der Waals surface area contributed by atoms with E-state index in [1.807, 2.05) is 38.1 Å². The number of carboxylic acid groups (broad SMARTS) is 1. The number of nitrogens with one attached hydrogen (secondary N) is 1. The van der Waals surface area contributed by atoms with E-state index in [-0.39, 0.29) is 17.7 Å². The van der Waals surface area contributed by atoms with Crippen molar-refractivity contribution >= 4 is 28.4 Å². The molecule has 1 aliphatic heterocycles. The SMILES string of the molecule is CC1(C)CN(C(=O)c2ccccc2OC(F)(F)F)C=C(C(=O)O)c2[nH]c3ccccc3c21. The van der Waals surface area contributed by atoms with Gasteiger partial charge < -0.3 is 19.7 Å². The van der Waals surface area contributed by atoms with Crippen LogP contribution in [-0.2, 0) is 10.2 Å². The minimum absolute atomic E-state index is 0.0395. The number of hydrogen-bond acceptors (Lipinski definition) is 3. The molecule has 0 aliphatic carbocycles. The second-order valence-corrected chi connectivity index (χ2v) is 8.13. The van der Waals surface area contributed by atoms with Crippen molar-refractivity contribution in [1.82, 2.24) is 9.88 Å². The number of nitrogens with zero attached hydrogens (tertiary/aromatic N) is 1. The summed E-state index contributed by atoms with van der Waals surface area (Å²) in [6.45, 7) is 3.74. The van der Waals surface area contributed by atoms with Crippen LogP contribution in [0.15, 0.2) is 54.7 Å². The lowest BCUT2D eigenvalue weighted by molar-refractivity contribution is -0.274.